The van der Waals surface area contributed by atoms with Crippen LogP contribution < -0.4 is 10.6 Å². The van der Waals surface area contributed by atoms with E-state index in [-0.39, 0.29) is 11.5 Å². The molecular weight excluding hydrogens is 480 g/mol. The molecule has 190 valence electrons. The molecule has 9 heteroatoms. The summed E-state index contributed by atoms with van der Waals surface area (Å²) in [6.45, 7) is 5.03. The number of alkyl carbamates (subject to hydrolysis) is 2. The van der Waals surface area contributed by atoms with Gasteiger partial charge in [0.2, 0.25) is 9.84 Å². The number of benzene rings is 3. The van der Waals surface area contributed by atoms with Gasteiger partial charge < -0.3 is 20.1 Å². The quantitative estimate of drug-likeness (QED) is 0.442. The van der Waals surface area contributed by atoms with Gasteiger partial charge in [0.15, 0.2) is 5.37 Å². The van der Waals surface area contributed by atoms with Gasteiger partial charge in [0, 0.05) is 0 Å². The number of hydrogen-bond donors (Lipinski definition) is 2. The van der Waals surface area contributed by atoms with Crippen LogP contribution in [-0.4, -0.2) is 31.6 Å². The van der Waals surface area contributed by atoms with Crippen molar-refractivity contribution >= 4 is 22.0 Å². The maximum Gasteiger partial charge on any atom is 0.408 e. The number of sulfone groups is 1. The van der Waals surface area contributed by atoms with Crippen molar-refractivity contribution < 1.29 is 27.5 Å². The van der Waals surface area contributed by atoms with Gasteiger partial charge in [-0.25, -0.2) is 18.0 Å². The van der Waals surface area contributed by atoms with Crippen molar-refractivity contribution in [2.45, 2.75) is 49.3 Å². The van der Waals surface area contributed by atoms with Crippen LogP contribution in [0.25, 0.3) is 0 Å². The molecule has 0 saturated heterocycles. The van der Waals surface area contributed by atoms with Gasteiger partial charge in [-0.3, -0.25) is 0 Å². The molecule has 3 rings (SSSR count). The fourth-order valence-electron chi connectivity index (χ4n) is 3.41. The van der Waals surface area contributed by atoms with Crippen LogP contribution in [0.15, 0.2) is 95.9 Å². The average Bonchev–Trinajstić information content (AvgIpc) is 2.85. The third-order valence-corrected chi connectivity index (χ3v) is 7.00. The Balaban J connectivity index is 1.97. The zero-order valence-electron chi connectivity index (χ0n) is 20.4. The van der Waals surface area contributed by atoms with Crippen LogP contribution in [0.2, 0.25) is 0 Å². The number of amides is 2. The first kappa shape index (κ1) is 26.7. The molecule has 0 spiro atoms. The molecule has 2 atom stereocenters. The van der Waals surface area contributed by atoms with Crippen molar-refractivity contribution in [1.82, 2.24) is 10.6 Å². The molecule has 3 aromatic rings. The van der Waals surface area contributed by atoms with Gasteiger partial charge >= 0.3 is 12.2 Å². The zero-order valence-corrected chi connectivity index (χ0v) is 21.2. The maximum atomic E-state index is 13.8. The Morgan fingerprint density at radius 2 is 1.31 bits per heavy atom. The first-order valence-corrected chi connectivity index (χ1v) is 12.9. The number of carbonyl (C=O) groups is 2. The Kier molecular flexibility index (Phi) is 8.71. The van der Waals surface area contributed by atoms with Crippen LogP contribution >= 0.6 is 0 Å². The number of ether oxygens (including phenoxy) is 2. The summed E-state index contributed by atoms with van der Waals surface area (Å²) < 4.78 is 38.2. The summed E-state index contributed by atoms with van der Waals surface area (Å²) in [5, 5.41) is 3.51. The number of hydrogen-bond acceptors (Lipinski definition) is 6. The van der Waals surface area contributed by atoms with Gasteiger partial charge in [-0.15, -0.1) is 0 Å². The standard InChI is InChI=1S/C27H30N2O6S/c1-27(2,3)35-26(31)28-23(21-15-9-5-10-16-21)24(36(32,33)22-17-11-6-12-18-22)29-25(30)34-19-20-13-7-4-8-14-20/h4-18,23-24H,19H2,1-3H3,(H,28,31)(H,29,30)/t23-,24+/m0/s1. The van der Waals surface area contributed by atoms with Crippen LogP contribution in [0.1, 0.15) is 37.9 Å². The highest BCUT2D eigenvalue weighted by Gasteiger charge is 2.39. The summed E-state index contributed by atoms with van der Waals surface area (Å²) in [7, 11) is -4.20. The Labute approximate surface area is 211 Å². The van der Waals surface area contributed by atoms with Crippen molar-refractivity contribution in [2.24, 2.45) is 0 Å². The summed E-state index contributed by atoms with van der Waals surface area (Å²) in [5.74, 6) is 0. The topological polar surface area (TPSA) is 111 Å². The number of rotatable bonds is 8. The van der Waals surface area contributed by atoms with Crippen molar-refractivity contribution in [3.63, 3.8) is 0 Å². The molecule has 8 nitrogen and oxygen atoms in total. The van der Waals surface area contributed by atoms with Crippen LogP contribution in [0.3, 0.4) is 0 Å². The van der Waals surface area contributed by atoms with Crippen LogP contribution in [0, 0.1) is 0 Å². The van der Waals surface area contributed by atoms with Crippen molar-refractivity contribution in [2.75, 3.05) is 0 Å². The van der Waals surface area contributed by atoms with Gasteiger partial charge in [0.25, 0.3) is 0 Å². The number of carbonyl (C=O) groups excluding carboxylic acids is 2. The van der Waals surface area contributed by atoms with Crippen molar-refractivity contribution in [1.29, 1.82) is 0 Å². The van der Waals surface area contributed by atoms with E-state index in [1.165, 1.54) is 12.1 Å². The predicted molar refractivity (Wildman–Crippen MR) is 136 cm³/mol. The molecule has 0 saturated carbocycles. The lowest BCUT2D eigenvalue weighted by atomic mass is 10.1. The second-order valence-corrected chi connectivity index (χ2v) is 11.1. The van der Waals surface area contributed by atoms with Crippen LogP contribution in [0.5, 0.6) is 0 Å². The Bertz CT molecular complexity index is 1240. The second-order valence-electron chi connectivity index (χ2n) is 9.02. The predicted octanol–water partition coefficient (Wildman–Crippen LogP) is 4.98. The van der Waals surface area contributed by atoms with Gasteiger partial charge in [0.05, 0.1) is 10.9 Å². The molecule has 0 aliphatic heterocycles. The molecule has 0 aliphatic carbocycles. The van der Waals surface area contributed by atoms with Crippen LogP contribution in [-0.2, 0) is 25.9 Å². The number of nitrogens with one attached hydrogen (secondary N) is 2. The Hall–Kier alpha value is -3.85. The van der Waals surface area contributed by atoms with E-state index in [2.05, 4.69) is 10.6 Å². The third kappa shape index (κ3) is 7.58. The summed E-state index contributed by atoms with van der Waals surface area (Å²) in [6.07, 6.45) is -1.78. The summed E-state index contributed by atoms with van der Waals surface area (Å²) >= 11 is 0. The molecule has 0 aromatic heterocycles. The van der Waals surface area contributed by atoms with Gasteiger partial charge in [-0.05, 0) is 44.0 Å². The molecule has 2 N–H and O–H groups in total. The van der Waals surface area contributed by atoms with Crippen molar-refractivity contribution in [3.05, 3.63) is 102 Å². The van der Waals surface area contributed by atoms with Gasteiger partial charge in [0.1, 0.15) is 12.2 Å². The van der Waals surface area contributed by atoms with Gasteiger partial charge in [-0.2, -0.15) is 0 Å². The molecule has 0 radical (unpaired) electrons. The molecule has 0 aliphatic rings. The largest absolute Gasteiger partial charge is 0.445 e. The van der Waals surface area contributed by atoms with Gasteiger partial charge in [-0.1, -0.05) is 78.9 Å². The maximum absolute atomic E-state index is 13.8. The van der Waals surface area contributed by atoms with E-state index >= 15 is 0 Å². The first-order valence-electron chi connectivity index (χ1n) is 11.4. The monoisotopic (exact) mass is 510 g/mol. The van der Waals surface area contributed by atoms with Crippen LogP contribution in [0.4, 0.5) is 9.59 Å². The minimum absolute atomic E-state index is 0.0229. The van der Waals surface area contributed by atoms with E-state index in [9.17, 15) is 18.0 Å². The Morgan fingerprint density at radius 1 is 0.778 bits per heavy atom. The second kappa shape index (κ2) is 11.7. The highest BCUT2D eigenvalue weighted by molar-refractivity contribution is 7.92. The highest BCUT2D eigenvalue weighted by atomic mass is 32.2. The minimum atomic E-state index is -4.20. The lowest BCUT2D eigenvalue weighted by Crippen LogP contribution is -2.51. The average molecular weight is 511 g/mol. The van der Waals surface area contributed by atoms with E-state index in [4.69, 9.17) is 9.47 Å². The summed E-state index contributed by atoms with van der Waals surface area (Å²) in [5.41, 5.74) is 0.374. The fraction of sp³-hybridized carbons (Fsp3) is 0.259. The van der Waals surface area contributed by atoms with E-state index in [0.29, 0.717) is 5.56 Å². The van der Waals surface area contributed by atoms with E-state index in [1.54, 1.807) is 93.6 Å². The molecular formula is C27H30N2O6S. The fourth-order valence-corrected chi connectivity index (χ4v) is 5.07. The first-order chi connectivity index (χ1) is 17.1. The minimum Gasteiger partial charge on any atom is -0.445 e. The molecule has 3 aromatic carbocycles. The molecule has 0 unspecified atom stereocenters. The zero-order chi connectivity index (χ0) is 26.2. The van der Waals surface area contributed by atoms with E-state index in [1.807, 2.05) is 6.07 Å². The summed E-state index contributed by atoms with van der Waals surface area (Å²) in [4.78, 5) is 25.5. The molecule has 36 heavy (non-hydrogen) atoms. The lowest BCUT2D eigenvalue weighted by Gasteiger charge is -2.30. The summed E-state index contributed by atoms with van der Waals surface area (Å²) in [6, 6.07) is 24.0. The highest BCUT2D eigenvalue weighted by Crippen LogP contribution is 2.27. The van der Waals surface area contributed by atoms with E-state index < -0.39 is 39.0 Å². The molecule has 0 fully saturated rings. The van der Waals surface area contributed by atoms with Crippen molar-refractivity contribution in [3.8, 4) is 0 Å². The molecule has 0 heterocycles. The smallest absolute Gasteiger partial charge is 0.408 e. The molecule has 0 bridgehead atoms. The van der Waals surface area contributed by atoms with E-state index in [0.717, 1.165) is 5.56 Å². The molecule has 2 amide bonds. The normalized spacial score (nSPS) is 13.2. The Morgan fingerprint density at radius 3 is 1.86 bits per heavy atom. The third-order valence-electron chi connectivity index (χ3n) is 5.01. The SMILES string of the molecule is CC(C)(C)OC(=O)N[C@@H](c1ccccc1)[C@H](NC(=O)OCc1ccccc1)S(=O)(=O)c1ccccc1. The lowest BCUT2D eigenvalue weighted by molar-refractivity contribution is 0.0497.